The first-order valence-electron chi connectivity index (χ1n) is 7.29. The van der Waals surface area contributed by atoms with Crippen LogP contribution in [0, 0.1) is 5.92 Å². The zero-order chi connectivity index (χ0) is 16.0. The molecule has 0 aliphatic rings. The van der Waals surface area contributed by atoms with Crippen LogP contribution < -0.4 is 11.3 Å². The van der Waals surface area contributed by atoms with Gasteiger partial charge >= 0.3 is 0 Å². The molecule has 22 heavy (non-hydrogen) atoms. The molecule has 3 N–H and O–H groups in total. The highest BCUT2D eigenvalue weighted by Crippen LogP contribution is 2.28. The van der Waals surface area contributed by atoms with Crippen molar-refractivity contribution in [1.82, 2.24) is 24.5 Å². The predicted molar refractivity (Wildman–Crippen MR) is 86.5 cm³/mol. The maximum absolute atomic E-state index is 12.7. The molecule has 0 bridgehead atoms. The Morgan fingerprint density at radius 2 is 2.05 bits per heavy atom. The molecule has 0 fully saturated rings. The van der Waals surface area contributed by atoms with Gasteiger partial charge in [0.05, 0.1) is 11.2 Å². The van der Waals surface area contributed by atoms with Gasteiger partial charge in [0.1, 0.15) is 5.39 Å². The van der Waals surface area contributed by atoms with E-state index in [9.17, 15) is 4.79 Å². The summed E-state index contributed by atoms with van der Waals surface area (Å²) >= 11 is 0. The lowest BCUT2D eigenvalue weighted by Crippen LogP contribution is -2.26. The molecule has 3 heterocycles. The summed E-state index contributed by atoms with van der Waals surface area (Å²) < 4.78 is 3.45. The van der Waals surface area contributed by atoms with E-state index in [1.54, 1.807) is 9.25 Å². The molecular weight excluding hydrogens is 280 g/mol. The third kappa shape index (κ3) is 2.09. The Kier molecular flexibility index (Phi) is 3.27. The first-order valence-corrected chi connectivity index (χ1v) is 7.29. The first-order chi connectivity index (χ1) is 10.4. The number of nitrogens with two attached hydrogens (primary N) is 1. The number of anilines is 1. The number of H-pyrrole nitrogens is 1. The van der Waals surface area contributed by atoms with E-state index in [-0.39, 0.29) is 17.4 Å². The molecular formula is C15H20N6O. The fourth-order valence-corrected chi connectivity index (χ4v) is 2.54. The van der Waals surface area contributed by atoms with Crippen LogP contribution in [0.1, 0.15) is 26.8 Å². The summed E-state index contributed by atoms with van der Waals surface area (Å²) in [6, 6.07) is 1.95. The van der Waals surface area contributed by atoms with E-state index in [1.807, 2.05) is 32.4 Å². The zero-order valence-corrected chi connectivity index (χ0v) is 13.2. The van der Waals surface area contributed by atoms with Crippen molar-refractivity contribution in [3.05, 3.63) is 28.8 Å². The quantitative estimate of drug-likeness (QED) is 0.772. The molecule has 0 spiro atoms. The van der Waals surface area contributed by atoms with E-state index in [2.05, 4.69) is 29.1 Å². The van der Waals surface area contributed by atoms with Crippen molar-refractivity contribution in [2.24, 2.45) is 13.0 Å². The van der Waals surface area contributed by atoms with Crippen molar-refractivity contribution in [1.29, 1.82) is 0 Å². The monoisotopic (exact) mass is 300 g/mol. The number of nitrogens with zero attached hydrogens (tertiary/aromatic N) is 4. The maximum Gasteiger partial charge on any atom is 0.264 e. The van der Waals surface area contributed by atoms with Gasteiger partial charge in [0.25, 0.3) is 5.56 Å². The van der Waals surface area contributed by atoms with Gasteiger partial charge in [-0.15, -0.1) is 0 Å². The molecule has 1 atom stereocenters. The molecule has 116 valence electrons. The Balaban J connectivity index is 2.37. The van der Waals surface area contributed by atoms with Gasteiger partial charge in [0, 0.05) is 31.0 Å². The second kappa shape index (κ2) is 5.01. The van der Waals surface area contributed by atoms with E-state index in [0.717, 1.165) is 11.3 Å². The third-order valence-corrected chi connectivity index (χ3v) is 4.17. The lowest BCUT2D eigenvalue weighted by Gasteiger charge is -2.20. The summed E-state index contributed by atoms with van der Waals surface area (Å²) in [4.78, 5) is 12.7. The van der Waals surface area contributed by atoms with Gasteiger partial charge in [-0.05, 0) is 18.9 Å². The lowest BCUT2D eigenvalue weighted by atomic mass is 10.0. The topological polar surface area (TPSA) is 94.5 Å². The number of rotatable bonds is 3. The van der Waals surface area contributed by atoms with Gasteiger partial charge in [-0.25, -0.2) is 0 Å². The van der Waals surface area contributed by atoms with Crippen LogP contribution >= 0.6 is 0 Å². The normalized spacial score (nSPS) is 13.1. The number of aryl methyl sites for hydroxylation is 1. The molecule has 0 saturated heterocycles. The Hall–Kier alpha value is -2.57. The molecule has 7 heteroatoms. The van der Waals surface area contributed by atoms with E-state index in [4.69, 9.17) is 5.73 Å². The van der Waals surface area contributed by atoms with Crippen LogP contribution in [0.3, 0.4) is 0 Å². The zero-order valence-electron chi connectivity index (χ0n) is 13.2. The van der Waals surface area contributed by atoms with Gasteiger partial charge in [-0.2, -0.15) is 10.2 Å². The molecule has 1 unspecified atom stereocenters. The number of nitrogens with one attached hydrogen (secondary N) is 1. The van der Waals surface area contributed by atoms with Crippen LogP contribution in [-0.4, -0.2) is 24.5 Å². The van der Waals surface area contributed by atoms with E-state index in [1.165, 1.54) is 0 Å². The standard InChI is InChI=1S/C15H20N6O/c1-8(2)9(3)21-7-10(11-5-6-20(4)19-11)13-12(15(21)22)14(16)18-17-13/h5-9H,1-4H3,(H3,16,17,18). The van der Waals surface area contributed by atoms with Crippen LogP contribution in [0.5, 0.6) is 0 Å². The second-order valence-electron chi connectivity index (χ2n) is 5.97. The Morgan fingerprint density at radius 3 is 2.64 bits per heavy atom. The fourth-order valence-electron chi connectivity index (χ4n) is 2.54. The van der Waals surface area contributed by atoms with Crippen LogP contribution in [0.2, 0.25) is 0 Å². The van der Waals surface area contributed by atoms with Crippen molar-refractivity contribution < 1.29 is 0 Å². The van der Waals surface area contributed by atoms with Crippen molar-refractivity contribution in [2.75, 3.05) is 5.73 Å². The van der Waals surface area contributed by atoms with Crippen LogP contribution in [0.4, 0.5) is 5.82 Å². The number of aromatic nitrogens is 5. The highest BCUT2D eigenvalue weighted by Gasteiger charge is 2.20. The summed E-state index contributed by atoms with van der Waals surface area (Å²) in [5.74, 6) is 0.544. The van der Waals surface area contributed by atoms with E-state index >= 15 is 0 Å². The molecule has 3 aromatic rings. The average molecular weight is 300 g/mol. The summed E-state index contributed by atoms with van der Waals surface area (Å²) in [6.45, 7) is 6.19. The van der Waals surface area contributed by atoms with Crippen LogP contribution in [0.15, 0.2) is 23.3 Å². The minimum absolute atomic E-state index is 0.0497. The van der Waals surface area contributed by atoms with Gasteiger partial charge in [0.15, 0.2) is 5.82 Å². The Labute approximate surface area is 127 Å². The first kappa shape index (κ1) is 14.4. The number of hydrogen-bond donors (Lipinski definition) is 2. The minimum atomic E-state index is -0.123. The number of hydrogen-bond acceptors (Lipinski definition) is 4. The molecule has 7 nitrogen and oxygen atoms in total. The Bertz CT molecular complexity index is 885. The number of aromatic amines is 1. The van der Waals surface area contributed by atoms with Crippen LogP contribution in [0.25, 0.3) is 22.2 Å². The minimum Gasteiger partial charge on any atom is -0.382 e. The lowest BCUT2D eigenvalue weighted by molar-refractivity contribution is 0.400. The van der Waals surface area contributed by atoms with Gasteiger partial charge in [0.2, 0.25) is 0 Å². The van der Waals surface area contributed by atoms with Crippen molar-refractivity contribution in [3.63, 3.8) is 0 Å². The fraction of sp³-hybridized carbons (Fsp3) is 0.400. The summed E-state index contributed by atoms with van der Waals surface area (Å²) in [6.07, 6.45) is 3.71. The molecule has 3 aromatic heterocycles. The molecule has 0 aliphatic heterocycles. The van der Waals surface area contributed by atoms with Gasteiger partial charge in [-0.3, -0.25) is 14.6 Å². The van der Waals surface area contributed by atoms with Crippen molar-refractivity contribution in [2.45, 2.75) is 26.8 Å². The summed E-state index contributed by atoms with van der Waals surface area (Å²) in [7, 11) is 1.86. The summed E-state index contributed by atoms with van der Waals surface area (Å²) in [5, 5.41) is 11.7. The molecule has 0 radical (unpaired) electrons. The number of fused-ring (bicyclic) bond motifs is 1. The van der Waals surface area contributed by atoms with Crippen molar-refractivity contribution >= 4 is 16.7 Å². The third-order valence-electron chi connectivity index (χ3n) is 4.17. The number of pyridine rings is 1. The van der Waals surface area contributed by atoms with Gasteiger partial charge in [-0.1, -0.05) is 13.8 Å². The largest absolute Gasteiger partial charge is 0.382 e. The SMILES string of the molecule is CC(C)C(C)n1cc(-c2ccn(C)n2)c2[nH]nc(N)c2c1=O. The smallest absolute Gasteiger partial charge is 0.264 e. The van der Waals surface area contributed by atoms with Crippen LogP contribution in [-0.2, 0) is 7.05 Å². The number of nitrogen functional groups attached to an aromatic ring is 1. The Morgan fingerprint density at radius 1 is 1.32 bits per heavy atom. The maximum atomic E-state index is 12.7. The molecule has 0 saturated carbocycles. The molecule has 0 amide bonds. The molecule has 0 aromatic carbocycles. The van der Waals surface area contributed by atoms with E-state index < -0.39 is 0 Å². The highest BCUT2D eigenvalue weighted by molar-refractivity contribution is 5.97. The highest BCUT2D eigenvalue weighted by atomic mass is 16.1. The second-order valence-corrected chi connectivity index (χ2v) is 5.97. The summed E-state index contributed by atoms with van der Waals surface area (Å²) in [5.41, 5.74) is 8.01. The van der Waals surface area contributed by atoms with Crippen molar-refractivity contribution in [3.8, 4) is 11.3 Å². The predicted octanol–water partition coefficient (Wildman–Crippen LogP) is 1.92. The van der Waals surface area contributed by atoms with Gasteiger partial charge < -0.3 is 10.3 Å². The molecule has 3 rings (SSSR count). The molecule has 0 aliphatic carbocycles. The average Bonchev–Trinajstić information content (AvgIpc) is 3.06. The van der Waals surface area contributed by atoms with E-state index in [0.29, 0.717) is 16.8 Å².